The van der Waals surface area contributed by atoms with Crippen LogP contribution in [0.5, 0.6) is 0 Å². The fourth-order valence-electron chi connectivity index (χ4n) is 1.63. The topological polar surface area (TPSA) is 63.8 Å². The summed E-state index contributed by atoms with van der Waals surface area (Å²) >= 11 is 4.73. The molecule has 0 aliphatic heterocycles. The first-order chi connectivity index (χ1) is 7.58. The highest BCUT2D eigenvalue weighted by atomic mass is 79.9. The van der Waals surface area contributed by atoms with Crippen molar-refractivity contribution in [3.8, 4) is 0 Å². The van der Waals surface area contributed by atoms with Crippen LogP contribution in [0.1, 0.15) is 30.0 Å². The number of aromatic nitrogens is 3. The van der Waals surface area contributed by atoms with Crippen molar-refractivity contribution in [2.24, 2.45) is 0 Å². The molecule has 0 saturated heterocycles. The number of aryl methyl sites for hydroxylation is 2. The fourth-order valence-corrected chi connectivity index (χ4v) is 2.73. The summed E-state index contributed by atoms with van der Waals surface area (Å²) in [5, 5.41) is 15.8. The molecule has 1 unspecified atom stereocenters. The van der Waals surface area contributed by atoms with Gasteiger partial charge in [0.2, 0.25) is 5.13 Å². The maximum absolute atomic E-state index is 5.13. The van der Waals surface area contributed by atoms with Crippen molar-refractivity contribution in [1.29, 1.82) is 0 Å². The van der Waals surface area contributed by atoms with Crippen molar-refractivity contribution in [1.82, 2.24) is 15.4 Å². The first-order valence-corrected chi connectivity index (χ1v) is 6.37. The summed E-state index contributed by atoms with van der Waals surface area (Å²) < 4.78 is 5.89. The normalized spacial score (nSPS) is 12.8. The van der Waals surface area contributed by atoms with Gasteiger partial charge in [-0.25, -0.2) is 0 Å². The Morgan fingerprint density at radius 3 is 2.62 bits per heavy atom. The molecule has 2 aromatic heterocycles. The molecule has 86 valence electrons. The maximum atomic E-state index is 5.13. The number of hydrogen-bond acceptors (Lipinski definition) is 6. The number of anilines is 1. The predicted molar refractivity (Wildman–Crippen MR) is 65.6 cm³/mol. The van der Waals surface area contributed by atoms with Gasteiger partial charge in [0, 0.05) is 5.56 Å². The summed E-state index contributed by atoms with van der Waals surface area (Å²) in [5.41, 5.74) is 1.98. The summed E-state index contributed by atoms with van der Waals surface area (Å²) in [6.07, 6.45) is 0. The third-order valence-electron chi connectivity index (χ3n) is 2.26. The summed E-state index contributed by atoms with van der Waals surface area (Å²) in [6, 6.07) is 0.103. The molecule has 0 aromatic carbocycles. The molecule has 7 heteroatoms. The second kappa shape index (κ2) is 4.50. The van der Waals surface area contributed by atoms with Gasteiger partial charge in [-0.2, -0.15) is 0 Å². The second-order valence-corrected chi connectivity index (χ2v) is 5.72. The van der Waals surface area contributed by atoms with E-state index in [-0.39, 0.29) is 6.04 Å². The van der Waals surface area contributed by atoms with Crippen molar-refractivity contribution >= 4 is 32.4 Å². The zero-order valence-electron chi connectivity index (χ0n) is 9.11. The van der Waals surface area contributed by atoms with E-state index in [1.165, 1.54) is 11.3 Å². The smallest absolute Gasteiger partial charge is 0.206 e. The molecule has 1 N–H and O–H groups in total. The van der Waals surface area contributed by atoms with Gasteiger partial charge in [-0.05, 0) is 36.7 Å². The van der Waals surface area contributed by atoms with Gasteiger partial charge >= 0.3 is 0 Å². The average molecular weight is 303 g/mol. The minimum atomic E-state index is 0.103. The van der Waals surface area contributed by atoms with E-state index >= 15 is 0 Å². The molecule has 5 nitrogen and oxygen atoms in total. The molecule has 1 atom stereocenters. The highest BCUT2D eigenvalue weighted by Crippen LogP contribution is 2.27. The maximum Gasteiger partial charge on any atom is 0.206 e. The van der Waals surface area contributed by atoms with E-state index in [1.54, 1.807) is 0 Å². The average Bonchev–Trinajstić information content (AvgIpc) is 2.74. The largest absolute Gasteiger partial charge is 0.361 e. The molecule has 0 spiro atoms. The molecule has 0 aliphatic carbocycles. The van der Waals surface area contributed by atoms with Crippen LogP contribution in [-0.4, -0.2) is 15.4 Å². The fraction of sp³-hybridized carbons (Fsp3) is 0.444. The quantitative estimate of drug-likeness (QED) is 0.944. The molecular weight excluding hydrogens is 292 g/mol. The Balaban J connectivity index is 2.17. The molecule has 2 aromatic rings. The van der Waals surface area contributed by atoms with Gasteiger partial charge in [0.1, 0.15) is 5.76 Å². The number of hydrogen-bond donors (Lipinski definition) is 1. The number of nitrogens with one attached hydrogen (secondary N) is 1. The summed E-state index contributed by atoms with van der Waals surface area (Å²) in [6.45, 7) is 5.88. The van der Waals surface area contributed by atoms with Crippen LogP contribution >= 0.6 is 27.3 Å². The van der Waals surface area contributed by atoms with E-state index in [9.17, 15) is 0 Å². The lowest BCUT2D eigenvalue weighted by Crippen LogP contribution is -2.08. The third kappa shape index (κ3) is 2.25. The first kappa shape index (κ1) is 11.5. The van der Waals surface area contributed by atoms with Crippen molar-refractivity contribution in [3.63, 3.8) is 0 Å². The van der Waals surface area contributed by atoms with Crippen LogP contribution in [0.4, 0.5) is 5.13 Å². The Kier molecular flexibility index (Phi) is 3.25. The zero-order valence-corrected chi connectivity index (χ0v) is 11.5. The lowest BCUT2D eigenvalue weighted by Gasteiger charge is -2.11. The minimum absolute atomic E-state index is 0.103. The Hall–Kier alpha value is -0.950. The Morgan fingerprint density at radius 2 is 2.12 bits per heavy atom. The standard InChI is InChI=1S/C9H11BrN4OS/c1-4(7-5(2)14-15-6(7)3)11-9-13-12-8(10)16-9/h4H,1-3H3,(H,11,13). The van der Waals surface area contributed by atoms with E-state index in [0.717, 1.165) is 26.1 Å². The molecule has 0 aliphatic rings. The van der Waals surface area contributed by atoms with Gasteiger partial charge < -0.3 is 9.84 Å². The van der Waals surface area contributed by atoms with Crippen molar-refractivity contribution in [2.75, 3.05) is 5.32 Å². The predicted octanol–water partition coefficient (Wildman–Crippen LogP) is 3.08. The van der Waals surface area contributed by atoms with Gasteiger partial charge in [0.05, 0.1) is 11.7 Å². The molecule has 0 bridgehead atoms. The first-order valence-electron chi connectivity index (χ1n) is 4.76. The lowest BCUT2D eigenvalue weighted by molar-refractivity contribution is 0.392. The lowest BCUT2D eigenvalue weighted by atomic mass is 10.1. The van der Waals surface area contributed by atoms with Crippen LogP contribution in [0, 0.1) is 13.8 Å². The van der Waals surface area contributed by atoms with E-state index < -0.39 is 0 Å². The van der Waals surface area contributed by atoms with Gasteiger partial charge in [0.25, 0.3) is 0 Å². The van der Waals surface area contributed by atoms with Crippen molar-refractivity contribution in [2.45, 2.75) is 26.8 Å². The van der Waals surface area contributed by atoms with Crippen LogP contribution < -0.4 is 5.32 Å². The summed E-state index contributed by atoms with van der Waals surface area (Å²) in [5.74, 6) is 0.834. The van der Waals surface area contributed by atoms with Gasteiger partial charge in [0.15, 0.2) is 3.92 Å². The molecule has 0 saturated carbocycles. The van der Waals surface area contributed by atoms with Crippen LogP contribution in [0.2, 0.25) is 0 Å². The molecular formula is C9H11BrN4OS. The highest BCUT2D eigenvalue weighted by Gasteiger charge is 2.17. The van der Waals surface area contributed by atoms with Crippen LogP contribution in [-0.2, 0) is 0 Å². The molecule has 16 heavy (non-hydrogen) atoms. The highest BCUT2D eigenvalue weighted by molar-refractivity contribution is 9.11. The van der Waals surface area contributed by atoms with Crippen LogP contribution in [0.15, 0.2) is 8.44 Å². The van der Waals surface area contributed by atoms with Crippen molar-refractivity contribution in [3.05, 3.63) is 20.9 Å². The number of halogens is 1. The Morgan fingerprint density at radius 1 is 1.38 bits per heavy atom. The van der Waals surface area contributed by atoms with E-state index in [2.05, 4.69) is 36.6 Å². The van der Waals surface area contributed by atoms with E-state index in [1.807, 2.05) is 20.8 Å². The number of nitrogens with zero attached hydrogens (tertiary/aromatic N) is 3. The van der Waals surface area contributed by atoms with Crippen LogP contribution in [0.25, 0.3) is 0 Å². The van der Waals surface area contributed by atoms with E-state index in [4.69, 9.17) is 4.52 Å². The summed E-state index contributed by atoms with van der Waals surface area (Å²) in [4.78, 5) is 0. The van der Waals surface area contributed by atoms with Gasteiger partial charge in [-0.1, -0.05) is 16.5 Å². The Bertz CT molecular complexity index is 476. The van der Waals surface area contributed by atoms with E-state index in [0.29, 0.717) is 0 Å². The van der Waals surface area contributed by atoms with Gasteiger partial charge in [-0.3, -0.25) is 0 Å². The summed E-state index contributed by atoms with van der Waals surface area (Å²) in [7, 11) is 0. The van der Waals surface area contributed by atoms with Gasteiger partial charge in [-0.15, -0.1) is 10.2 Å². The minimum Gasteiger partial charge on any atom is -0.361 e. The molecule has 2 heterocycles. The monoisotopic (exact) mass is 302 g/mol. The van der Waals surface area contributed by atoms with Crippen LogP contribution in [0.3, 0.4) is 0 Å². The third-order valence-corrected chi connectivity index (χ3v) is 3.55. The number of rotatable bonds is 3. The molecule has 0 fully saturated rings. The zero-order chi connectivity index (χ0) is 11.7. The molecule has 0 radical (unpaired) electrons. The molecule has 2 rings (SSSR count). The molecule has 0 amide bonds. The Labute approximate surface area is 105 Å². The second-order valence-electron chi connectivity index (χ2n) is 3.46. The SMILES string of the molecule is Cc1noc(C)c1C(C)Nc1nnc(Br)s1. The van der Waals surface area contributed by atoms with Crippen molar-refractivity contribution < 1.29 is 4.52 Å².